The molecule has 0 amide bonds. The predicted octanol–water partition coefficient (Wildman–Crippen LogP) is 4.19. The second kappa shape index (κ2) is 8.38. The Labute approximate surface area is 127 Å². The standard InChI is InChI=1S/C18H38N2/c1-6-16-8-7-10-18(13-19,11-9-16)20-12-17(14(2)3)15(4)5/h14-17,20H,6-13,19H2,1-5H3. The molecule has 1 fully saturated rings. The molecule has 0 heterocycles. The molecule has 1 saturated carbocycles. The summed E-state index contributed by atoms with van der Waals surface area (Å²) in [6.45, 7) is 13.7. The van der Waals surface area contributed by atoms with Crippen LogP contribution in [0.2, 0.25) is 0 Å². The van der Waals surface area contributed by atoms with E-state index in [4.69, 9.17) is 5.73 Å². The molecule has 0 aromatic heterocycles. The largest absolute Gasteiger partial charge is 0.329 e. The molecule has 0 aromatic rings. The Kier molecular flexibility index (Phi) is 7.53. The lowest BCUT2D eigenvalue weighted by Crippen LogP contribution is -2.53. The van der Waals surface area contributed by atoms with Crippen molar-refractivity contribution >= 4 is 0 Å². The van der Waals surface area contributed by atoms with Crippen molar-refractivity contribution in [2.24, 2.45) is 29.4 Å². The van der Waals surface area contributed by atoms with E-state index in [1.807, 2.05) is 0 Å². The topological polar surface area (TPSA) is 38.0 Å². The van der Waals surface area contributed by atoms with Crippen LogP contribution < -0.4 is 11.1 Å². The fourth-order valence-corrected chi connectivity index (χ4v) is 3.92. The highest BCUT2D eigenvalue weighted by molar-refractivity contribution is 4.92. The van der Waals surface area contributed by atoms with Crippen molar-refractivity contribution in [3.63, 3.8) is 0 Å². The highest BCUT2D eigenvalue weighted by Gasteiger charge is 2.32. The SMILES string of the molecule is CCC1CCCC(CN)(NCC(C(C)C)C(C)C)CC1. The number of nitrogens with two attached hydrogens (primary N) is 1. The zero-order valence-electron chi connectivity index (χ0n) is 14.5. The van der Waals surface area contributed by atoms with Crippen molar-refractivity contribution in [1.29, 1.82) is 0 Å². The molecule has 0 bridgehead atoms. The minimum Gasteiger partial charge on any atom is -0.329 e. The fraction of sp³-hybridized carbons (Fsp3) is 1.00. The average molecular weight is 283 g/mol. The normalized spacial score (nSPS) is 28.4. The molecule has 1 aliphatic rings. The highest BCUT2D eigenvalue weighted by atomic mass is 15.0. The zero-order chi connectivity index (χ0) is 15.2. The molecule has 1 aliphatic carbocycles. The van der Waals surface area contributed by atoms with E-state index in [-0.39, 0.29) is 5.54 Å². The average Bonchev–Trinajstić information content (AvgIpc) is 2.61. The van der Waals surface area contributed by atoms with Gasteiger partial charge < -0.3 is 11.1 Å². The molecule has 2 nitrogen and oxygen atoms in total. The first-order valence-electron chi connectivity index (χ1n) is 8.89. The van der Waals surface area contributed by atoms with Crippen LogP contribution in [0, 0.1) is 23.7 Å². The third-order valence-corrected chi connectivity index (χ3v) is 5.69. The molecule has 0 spiro atoms. The van der Waals surface area contributed by atoms with Gasteiger partial charge in [0.15, 0.2) is 0 Å². The van der Waals surface area contributed by atoms with Crippen LogP contribution in [0.1, 0.15) is 73.1 Å². The van der Waals surface area contributed by atoms with E-state index in [1.165, 1.54) is 38.5 Å². The van der Waals surface area contributed by atoms with Gasteiger partial charge in [-0.25, -0.2) is 0 Å². The van der Waals surface area contributed by atoms with E-state index >= 15 is 0 Å². The van der Waals surface area contributed by atoms with Crippen molar-refractivity contribution < 1.29 is 0 Å². The molecule has 0 radical (unpaired) electrons. The van der Waals surface area contributed by atoms with Gasteiger partial charge in [0, 0.05) is 12.1 Å². The molecule has 1 rings (SSSR count). The van der Waals surface area contributed by atoms with E-state index in [0.29, 0.717) is 0 Å². The predicted molar refractivity (Wildman–Crippen MR) is 89.8 cm³/mol. The van der Waals surface area contributed by atoms with Crippen molar-refractivity contribution in [1.82, 2.24) is 5.32 Å². The van der Waals surface area contributed by atoms with Gasteiger partial charge in [-0.3, -0.25) is 0 Å². The third-order valence-electron chi connectivity index (χ3n) is 5.69. The number of hydrogen-bond donors (Lipinski definition) is 2. The molecule has 2 unspecified atom stereocenters. The maximum absolute atomic E-state index is 6.17. The van der Waals surface area contributed by atoms with Crippen molar-refractivity contribution in [3.8, 4) is 0 Å². The lowest BCUT2D eigenvalue weighted by Gasteiger charge is -2.36. The minimum atomic E-state index is 0.214. The maximum atomic E-state index is 6.17. The number of rotatable bonds is 7. The second-order valence-electron chi connectivity index (χ2n) is 7.72. The summed E-state index contributed by atoms with van der Waals surface area (Å²) in [6.07, 6.45) is 7.97. The third kappa shape index (κ3) is 5.04. The highest BCUT2D eigenvalue weighted by Crippen LogP contribution is 2.32. The van der Waals surface area contributed by atoms with Crippen LogP contribution in [0.25, 0.3) is 0 Å². The molecule has 120 valence electrons. The Hall–Kier alpha value is -0.0800. The van der Waals surface area contributed by atoms with Crippen LogP contribution in [0.5, 0.6) is 0 Å². The first kappa shape index (κ1) is 18.0. The summed E-state index contributed by atoms with van der Waals surface area (Å²) in [7, 11) is 0. The van der Waals surface area contributed by atoms with Gasteiger partial charge in [-0.2, -0.15) is 0 Å². The van der Waals surface area contributed by atoms with Gasteiger partial charge in [-0.05, 0) is 49.5 Å². The van der Waals surface area contributed by atoms with Gasteiger partial charge in [0.25, 0.3) is 0 Å². The van der Waals surface area contributed by atoms with Crippen LogP contribution in [-0.4, -0.2) is 18.6 Å². The Bertz CT molecular complexity index is 254. The van der Waals surface area contributed by atoms with E-state index in [0.717, 1.165) is 36.8 Å². The smallest absolute Gasteiger partial charge is 0.0304 e. The molecule has 0 aromatic carbocycles. The second-order valence-corrected chi connectivity index (χ2v) is 7.72. The summed E-state index contributed by atoms with van der Waals surface area (Å²) >= 11 is 0. The summed E-state index contributed by atoms with van der Waals surface area (Å²) in [5.41, 5.74) is 6.38. The monoisotopic (exact) mass is 282 g/mol. The summed E-state index contributed by atoms with van der Waals surface area (Å²) < 4.78 is 0. The van der Waals surface area contributed by atoms with Crippen molar-refractivity contribution in [2.75, 3.05) is 13.1 Å². The van der Waals surface area contributed by atoms with Crippen molar-refractivity contribution in [3.05, 3.63) is 0 Å². The quantitative estimate of drug-likeness (QED) is 0.687. The number of hydrogen-bond acceptors (Lipinski definition) is 2. The Morgan fingerprint density at radius 1 is 1.10 bits per heavy atom. The molecule has 2 atom stereocenters. The first-order valence-corrected chi connectivity index (χ1v) is 8.89. The van der Waals surface area contributed by atoms with Gasteiger partial charge >= 0.3 is 0 Å². The molecule has 0 saturated heterocycles. The minimum absolute atomic E-state index is 0.214. The van der Waals surface area contributed by atoms with Gasteiger partial charge in [-0.15, -0.1) is 0 Å². The summed E-state index contributed by atoms with van der Waals surface area (Å²) in [4.78, 5) is 0. The number of nitrogens with one attached hydrogen (secondary N) is 1. The van der Waals surface area contributed by atoms with E-state index in [9.17, 15) is 0 Å². The Morgan fingerprint density at radius 3 is 2.25 bits per heavy atom. The van der Waals surface area contributed by atoms with E-state index in [1.54, 1.807) is 0 Å². The van der Waals surface area contributed by atoms with Gasteiger partial charge in [0.1, 0.15) is 0 Å². The molecular formula is C18H38N2. The molecule has 2 heteroatoms. The Balaban J connectivity index is 2.60. The van der Waals surface area contributed by atoms with Crippen LogP contribution in [0.15, 0.2) is 0 Å². The Morgan fingerprint density at radius 2 is 1.75 bits per heavy atom. The fourth-order valence-electron chi connectivity index (χ4n) is 3.92. The maximum Gasteiger partial charge on any atom is 0.0304 e. The van der Waals surface area contributed by atoms with Crippen LogP contribution in [-0.2, 0) is 0 Å². The van der Waals surface area contributed by atoms with E-state index < -0.39 is 0 Å². The summed E-state index contributed by atoms with van der Waals surface area (Å²) in [5.74, 6) is 3.16. The summed E-state index contributed by atoms with van der Waals surface area (Å²) in [6, 6.07) is 0. The molecule has 20 heavy (non-hydrogen) atoms. The lowest BCUT2D eigenvalue weighted by molar-refractivity contribution is 0.215. The van der Waals surface area contributed by atoms with Crippen LogP contribution in [0.4, 0.5) is 0 Å². The molecular weight excluding hydrogens is 244 g/mol. The van der Waals surface area contributed by atoms with E-state index in [2.05, 4.69) is 39.9 Å². The van der Waals surface area contributed by atoms with Crippen LogP contribution >= 0.6 is 0 Å². The summed E-state index contributed by atoms with van der Waals surface area (Å²) in [5, 5.41) is 3.91. The van der Waals surface area contributed by atoms with Gasteiger partial charge in [-0.1, -0.05) is 53.9 Å². The lowest BCUT2D eigenvalue weighted by atomic mass is 9.83. The van der Waals surface area contributed by atoms with Gasteiger partial charge in [0.2, 0.25) is 0 Å². The zero-order valence-corrected chi connectivity index (χ0v) is 14.5. The van der Waals surface area contributed by atoms with Crippen molar-refractivity contribution in [2.45, 2.75) is 78.7 Å². The van der Waals surface area contributed by atoms with Crippen LogP contribution in [0.3, 0.4) is 0 Å². The molecule has 3 N–H and O–H groups in total. The molecule has 0 aliphatic heterocycles. The van der Waals surface area contributed by atoms with Gasteiger partial charge in [0.05, 0.1) is 0 Å². The first-order chi connectivity index (χ1) is 9.44.